The molecule has 0 amide bonds. The number of hydrogen-bond donors (Lipinski definition) is 1. The minimum absolute atomic E-state index is 0.400. The standard InChI is InChI=1S/C15H25NO/c1-5-15(7-6-8-15)10-16-12(3)14-9-11(2)17-13(14)4/h9,12,16H,5-8,10H2,1-4H3. The molecule has 1 saturated carbocycles. The van der Waals surface area contributed by atoms with Crippen molar-refractivity contribution in [2.24, 2.45) is 5.41 Å². The van der Waals surface area contributed by atoms with Crippen molar-refractivity contribution in [1.29, 1.82) is 0 Å². The molecule has 2 rings (SSSR count). The molecule has 0 aliphatic heterocycles. The van der Waals surface area contributed by atoms with Gasteiger partial charge in [-0.3, -0.25) is 0 Å². The van der Waals surface area contributed by atoms with Gasteiger partial charge in [0, 0.05) is 18.2 Å². The Morgan fingerprint density at radius 2 is 2.12 bits per heavy atom. The zero-order valence-corrected chi connectivity index (χ0v) is 11.6. The zero-order valence-electron chi connectivity index (χ0n) is 11.6. The van der Waals surface area contributed by atoms with Crippen molar-refractivity contribution in [3.63, 3.8) is 0 Å². The fourth-order valence-corrected chi connectivity index (χ4v) is 2.89. The summed E-state index contributed by atoms with van der Waals surface area (Å²) >= 11 is 0. The second-order valence-corrected chi connectivity index (χ2v) is 5.68. The lowest BCUT2D eigenvalue weighted by molar-refractivity contribution is 0.120. The summed E-state index contributed by atoms with van der Waals surface area (Å²) in [6, 6.07) is 2.56. The quantitative estimate of drug-likeness (QED) is 0.830. The molecule has 1 fully saturated rings. The molecule has 0 radical (unpaired) electrons. The topological polar surface area (TPSA) is 25.2 Å². The number of hydrogen-bond acceptors (Lipinski definition) is 2. The molecule has 0 spiro atoms. The Labute approximate surface area is 105 Å². The molecule has 1 aliphatic carbocycles. The number of rotatable bonds is 5. The van der Waals surface area contributed by atoms with Gasteiger partial charge in [0.1, 0.15) is 11.5 Å². The number of aryl methyl sites for hydroxylation is 2. The summed E-state index contributed by atoms with van der Waals surface area (Å²) in [5, 5.41) is 3.69. The van der Waals surface area contributed by atoms with Crippen molar-refractivity contribution in [2.75, 3.05) is 6.54 Å². The molecule has 1 aromatic heterocycles. The van der Waals surface area contributed by atoms with Crippen LogP contribution in [-0.4, -0.2) is 6.54 Å². The fraction of sp³-hybridized carbons (Fsp3) is 0.733. The van der Waals surface area contributed by atoms with Crippen LogP contribution in [0.5, 0.6) is 0 Å². The number of nitrogens with one attached hydrogen (secondary N) is 1. The molecule has 2 heteroatoms. The zero-order chi connectivity index (χ0) is 12.5. The lowest BCUT2D eigenvalue weighted by atomic mass is 9.67. The van der Waals surface area contributed by atoms with E-state index in [4.69, 9.17) is 4.42 Å². The smallest absolute Gasteiger partial charge is 0.105 e. The minimum Gasteiger partial charge on any atom is -0.466 e. The summed E-state index contributed by atoms with van der Waals surface area (Å²) < 4.78 is 5.59. The van der Waals surface area contributed by atoms with Crippen LogP contribution in [0.25, 0.3) is 0 Å². The molecule has 2 nitrogen and oxygen atoms in total. The highest BCUT2D eigenvalue weighted by Gasteiger charge is 2.35. The predicted octanol–water partition coefficient (Wildman–Crippen LogP) is 4.13. The van der Waals surface area contributed by atoms with Crippen LogP contribution >= 0.6 is 0 Å². The maximum absolute atomic E-state index is 5.59. The van der Waals surface area contributed by atoms with Crippen molar-refractivity contribution >= 4 is 0 Å². The third-order valence-corrected chi connectivity index (χ3v) is 4.49. The van der Waals surface area contributed by atoms with Crippen molar-refractivity contribution in [1.82, 2.24) is 5.32 Å². The Hall–Kier alpha value is -0.760. The van der Waals surface area contributed by atoms with Crippen LogP contribution < -0.4 is 5.32 Å². The average Bonchev–Trinajstić information content (AvgIpc) is 2.57. The predicted molar refractivity (Wildman–Crippen MR) is 71.2 cm³/mol. The van der Waals surface area contributed by atoms with Crippen molar-refractivity contribution in [3.05, 3.63) is 23.2 Å². The molecule has 0 bridgehead atoms. The Bertz CT molecular complexity index is 371. The van der Waals surface area contributed by atoms with Gasteiger partial charge in [-0.25, -0.2) is 0 Å². The van der Waals surface area contributed by atoms with Gasteiger partial charge in [-0.15, -0.1) is 0 Å². The van der Waals surface area contributed by atoms with Crippen LogP contribution in [0, 0.1) is 19.3 Å². The van der Waals surface area contributed by atoms with E-state index >= 15 is 0 Å². The van der Waals surface area contributed by atoms with E-state index in [1.165, 1.54) is 31.2 Å². The molecular weight excluding hydrogens is 210 g/mol. The summed E-state index contributed by atoms with van der Waals surface area (Å²) in [6.07, 6.45) is 5.50. The molecule has 1 N–H and O–H groups in total. The van der Waals surface area contributed by atoms with Crippen molar-refractivity contribution < 1.29 is 4.42 Å². The van der Waals surface area contributed by atoms with E-state index in [9.17, 15) is 0 Å². The third kappa shape index (κ3) is 2.57. The summed E-state index contributed by atoms with van der Waals surface area (Å²) in [5.74, 6) is 2.07. The van der Waals surface area contributed by atoms with E-state index < -0.39 is 0 Å². The van der Waals surface area contributed by atoms with Crippen LogP contribution in [0.1, 0.15) is 62.7 Å². The second-order valence-electron chi connectivity index (χ2n) is 5.68. The summed E-state index contributed by atoms with van der Waals surface area (Å²) in [5.41, 5.74) is 1.90. The average molecular weight is 235 g/mol. The van der Waals surface area contributed by atoms with E-state index in [2.05, 4.69) is 32.2 Å². The lowest BCUT2D eigenvalue weighted by Gasteiger charge is -2.42. The van der Waals surface area contributed by atoms with E-state index in [1.807, 2.05) is 6.92 Å². The van der Waals surface area contributed by atoms with Gasteiger partial charge in [-0.05, 0) is 51.5 Å². The Morgan fingerprint density at radius 3 is 2.53 bits per heavy atom. The van der Waals surface area contributed by atoms with E-state index in [-0.39, 0.29) is 0 Å². The third-order valence-electron chi connectivity index (χ3n) is 4.49. The van der Waals surface area contributed by atoms with Crippen LogP contribution in [0.15, 0.2) is 10.5 Å². The molecule has 1 atom stereocenters. The van der Waals surface area contributed by atoms with Gasteiger partial charge in [-0.2, -0.15) is 0 Å². The molecule has 1 aromatic rings. The van der Waals surface area contributed by atoms with Gasteiger partial charge >= 0.3 is 0 Å². The van der Waals surface area contributed by atoms with Crippen molar-refractivity contribution in [3.8, 4) is 0 Å². The molecule has 1 heterocycles. The molecule has 17 heavy (non-hydrogen) atoms. The first-order chi connectivity index (χ1) is 8.06. The highest BCUT2D eigenvalue weighted by Crippen LogP contribution is 2.43. The Morgan fingerprint density at radius 1 is 1.41 bits per heavy atom. The maximum atomic E-state index is 5.59. The molecule has 96 valence electrons. The second kappa shape index (κ2) is 4.85. The first-order valence-corrected chi connectivity index (χ1v) is 6.87. The molecule has 0 aromatic carbocycles. The van der Waals surface area contributed by atoms with Gasteiger partial charge in [0.15, 0.2) is 0 Å². The molecule has 0 saturated heterocycles. The fourth-order valence-electron chi connectivity index (χ4n) is 2.89. The normalized spacial score (nSPS) is 20.0. The van der Waals surface area contributed by atoms with Crippen LogP contribution in [0.2, 0.25) is 0 Å². The molecule has 1 aliphatic rings. The van der Waals surface area contributed by atoms with Gasteiger partial charge in [-0.1, -0.05) is 13.3 Å². The largest absolute Gasteiger partial charge is 0.466 e. The van der Waals surface area contributed by atoms with Gasteiger partial charge in [0.05, 0.1) is 0 Å². The maximum Gasteiger partial charge on any atom is 0.105 e. The molecule has 1 unspecified atom stereocenters. The van der Waals surface area contributed by atoms with E-state index in [1.54, 1.807) is 0 Å². The van der Waals surface area contributed by atoms with E-state index in [0.717, 1.165) is 18.1 Å². The van der Waals surface area contributed by atoms with Crippen LogP contribution in [0.4, 0.5) is 0 Å². The highest BCUT2D eigenvalue weighted by molar-refractivity contribution is 5.23. The summed E-state index contributed by atoms with van der Waals surface area (Å²) in [4.78, 5) is 0. The van der Waals surface area contributed by atoms with Crippen LogP contribution in [-0.2, 0) is 0 Å². The number of furan rings is 1. The first kappa shape index (κ1) is 12.7. The first-order valence-electron chi connectivity index (χ1n) is 6.87. The Kier molecular flexibility index (Phi) is 3.62. The minimum atomic E-state index is 0.400. The van der Waals surface area contributed by atoms with Crippen molar-refractivity contribution in [2.45, 2.75) is 59.4 Å². The molecular formula is C15H25NO. The van der Waals surface area contributed by atoms with Gasteiger partial charge in [0.25, 0.3) is 0 Å². The van der Waals surface area contributed by atoms with E-state index in [0.29, 0.717) is 11.5 Å². The SMILES string of the molecule is CCC1(CNC(C)c2cc(C)oc2C)CCC1. The highest BCUT2D eigenvalue weighted by atomic mass is 16.3. The Balaban J connectivity index is 1.93. The summed E-state index contributed by atoms with van der Waals surface area (Å²) in [6.45, 7) is 9.77. The lowest BCUT2D eigenvalue weighted by Crippen LogP contribution is -2.40. The van der Waals surface area contributed by atoms with Crippen LogP contribution in [0.3, 0.4) is 0 Å². The van der Waals surface area contributed by atoms with Gasteiger partial charge in [0.2, 0.25) is 0 Å². The monoisotopic (exact) mass is 235 g/mol. The summed E-state index contributed by atoms with van der Waals surface area (Å²) in [7, 11) is 0. The van der Waals surface area contributed by atoms with Gasteiger partial charge < -0.3 is 9.73 Å².